The van der Waals surface area contributed by atoms with E-state index in [1.54, 1.807) is 28.0 Å². The van der Waals surface area contributed by atoms with Gasteiger partial charge in [-0.05, 0) is 49.2 Å². The van der Waals surface area contributed by atoms with Crippen LogP contribution in [-0.2, 0) is 0 Å². The predicted molar refractivity (Wildman–Crippen MR) is 101 cm³/mol. The highest BCUT2D eigenvalue weighted by Crippen LogP contribution is 2.24. The molecule has 2 aromatic carbocycles. The number of hydrogen-bond acceptors (Lipinski definition) is 3. The zero-order chi connectivity index (χ0) is 18.8. The van der Waals surface area contributed by atoms with Crippen LogP contribution in [0.3, 0.4) is 0 Å². The summed E-state index contributed by atoms with van der Waals surface area (Å²) in [5, 5.41) is 10.3. The molecule has 2 amide bonds. The van der Waals surface area contributed by atoms with Crippen molar-refractivity contribution in [2.75, 3.05) is 26.2 Å². The van der Waals surface area contributed by atoms with Gasteiger partial charge in [-0.2, -0.15) is 0 Å². The van der Waals surface area contributed by atoms with E-state index in [4.69, 9.17) is 11.6 Å². The van der Waals surface area contributed by atoms with Gasteiger partial charge < -0.3 is 14.9 Å². The molecule has 1 fully saturated rings. The summed E-state index contributed by atoms with van der Waals surface area (Å²) in [5.41, 5.74) is 2.84. The summed E-state index contributed by atoms with van der Waals surface area (Å²) in [7, 11) is 0. The van der Waals surface area contributed by atoms with Gasteiger partial charge in [-0.25, -0.2) is 0 Å². The number of carbonyl (C=O) groups is 2. The Balaban J connectivity index is 1.69. The molecule has 5 nitrogen and oxygen atoms in total. The molecule has 3 rings (SSSR count). The standard InChI is InChI=1S/C20H21ClN2O3/c1-13-11-16(17(21)12-14(13)2)20(26)23-9-7-22(8-10-23)19(25)15-5-3-4-6-18(15)24/h3-6,11-12,24H,7-10H2,1-2H3. The van der Waals surface area contributed by atoms with Crippen LogP contribution in [0, 0.1) is 13.8 Å². The van der Waals surface area contributed by atoms with E-state index in [1.165, 1.54) is 6.07 Å². The number of para-hydroxylation sites is 1. The van der Waals surface area contributed by atoms with E-state index in [-0.39, 0.29) is 23.1 Å². The van der Waals surface area contributed by atoms with Gasteiger partial charge in [-0.15, -0.1) is 0 Å². The average molecular weight is 373 g/mol. The minimum absolute atomic E-state index is 0.0297. The molecule has 26 heavy (non-hydrogen) atoms. The molecule has 1 heterocycles. The molecule has 0 aromatic heterocycles. The molecule has 0 aliphatic carbocycles. The molecular formula is C20H21ClN2O3. The third-order valence-corrected chi connectivity index (χ3v) is 5.12. The Morgan fingerprint density at radius 3 is 1.96 bits per heavy atom. The quantitative estimate of drug-likeness (QED) is 0.880. The number of piperazine rings is 1. The Morgan fingerprint density at radius 2 is 1.38 bits per heavy atom. The number of nitrogens with zero attached hydrogens (tertiary/aromatic N) is 2. The lowest BCUT2D eigenvalue weighted by molar-refractivity contribution is 0.0533. The Labute approximate surface area is 157 Å². The number of phenolic OH excluding ortho intramolecular Hbond substituents is 1. The number of aromatic hydroxyl groups is 1. The average Bonchev–Trinajstić information content (AvgIpc) is 2.64. The van der Waals surface area contributed by atoms with Gasteiger partial charge in [-0.1, -0.05) is 23.7 Å². The van der Waals surface area contributed by atoms with E-state index in [0.29, 0.717) is 36.8 Å². The van der Waals surface area contributed by atoms with E-state index in [0.717, 1.165) is 11.1 Å². The van der Waals surface area contributed by atoms with Crippen molar-refractivity contribution in [1.29, 1.82) is 0 Å². The Morgan fingerprint density at radius 1 is 0.885 bits per heavy atom. The van der Waals surface area contributed by atoms with E-state index >= 15 is 0 Å². The van der Waals surface area contributed by atoms with Crippen molar-refractivity contribution in [3.05, 3.63) is 63.7 Å². The first-order valence-electron chi connectivity index (χ1n) is 8.52. The van der Waals surface area contributed by atoms with Gasteiger partial charge in [0.05, 0.1) is 16.1 Å². The van der Waals surface area contributed by atoms with Gasteiger partial charge in [0.1, 0.15) is 5.75 Å². The first-order valence-corrected chi connectivity index (χ1v) is 8.89. The van der Waals surface area contributed by atoms with Gasteiger partial charge in [-0.3, -0.25) is 9.59 Å². The lowest BCUT2D eigenvalue weighted by Crippen LogP contribution is -2.50. The van der Waals surface area contributed by atoms with Crippen molar-refractivity contribution in [3.63, 3.8) is 0 Å². The molecule has 0 radical (unpaired) electrons. The maximum absolute atomic E-state index is 12.8. The monoisotopic (exact) mass is 372 g/mol. The fourth-order valence-corrected chi connectivity index (χ4v) is 3.35. The van der Waals surface area contributed by atoms with E-state index in [1.807, 2.05) is 26.0 Å². The Kier molecular flexibility index (Phi) is 5.18. The van der Waals surface area contributed by atoms with Gasteiger partial charge in [0, 0.05) is 26.2 Å². The third-order valence-electron chi connectivity index (χ3n) is 4.80. The Hall–Kier alpha value is -2.53. The molecule has 0 atom stereocenters. The lowest BCUT2D eigenvalue weighted by atomic mass is 10.0. The number of hydrogen-bond donors (Lipinski definition) is 1. The van der Waals surface area contributed by atoms with Gasteiger partial charge in [0.2, 0.25) is 0 Å². The zero-order valence-corrected chi connectivity index (χ0v) is 15.6. The molecule has 1 aliphatic heterocycles. The second-order valence-corrected chi connectivity index (χ2v) is 6.93. The molecule has 0 saturated carbocycles. The van der Waals surface area contributed by atoms with Crippen molar-refractivity contribution in [2.45, 2.75) is 13.8 Å². The molecule has 2 aromatic rings. The molecule has 1 aliphatic rings. The van der Waals surface area contributed by atoms with Crippen molar-refractivity contribution < 1.29 is 14.7 Å². The number of carbonyl (C=O) groups excluding carboxylic acids is 2. The molecule has 1 N–H and O–H groups in total. The minimum atomic E-state index is -0.223. The molecule has 6 heteroatoms. The summed E-state index contributed by atoms with van der Waals surface area (Å²) in [6, 6.07) is 10.1. The second kappa shape index (κ2) is 7.38. The molecule has 1 saturated heterocycles. The van der Waals surface area contributed by atoms with E-state index in [9.17, 15) is 14.7 Å². The highest BCUT2D eigenvalue weighted by Gasteiger charge is 2.27. The molecule has 136 valence electrons. The predicted octanol–water partition coefficient (Wildman–Crippen LogP) is 3.26. The van der Waals surface area contributed by atoms with Gasteiger partial charge >= 0.3 is 0 Å². The SMILES string of the molecule is Cc1cc(Cl)c(C(=O)N2CCN(C(=O)c3ccccc3O)CC2)cc1C. The molecule has 0 spiro atoms. The third kappa shape index (κ3) is 3.53. The fraction of sp³-hybridized carbons (Fsp3) is 0.300. The van der Waals surface area contributed by atoms with Crippen LogP contribution in [-0.4, -0.2) is 52.9 Å². The van der Waals surface area contributed by atoms with Crippen LogP contribution >= 0.6 is 11.6 Å². The smallest absolute Gasteiger partial charge is 0.257 e. The topological polar surface area (TPSA) is 60.9 Å². The summed E-state index contributed by atoms with van der Waals surface area (Å²) in [6.45, 7) is 5.61. The fourth-order valence-electron chi connectivity index (χ4n) is 3.05. The van der Waals surface area contributed by atoms with E-state index in [2.05, 4.69) is 0 Å². The van der Waals surface area contributed by atoms with Crippen LogP contribution in [0.15, 0.2) is 36.4 Å². The first-order chi connectivity index (χ1) is 12.4. The number of phenols is 1. The van der Waals surface area contributed by atoms with Crippen molar-refractivity contribution in [1.82, 2.24) is 9.80 Å². The summed E-state index contributed by atoms with van der Waals surface area (Å²) in [5.74, 6) is -0.370. The maximum Gasteiger partial charge on any atom is 0.257 e. The number of benzene rings is 2. The largest absolute Gasteiger partial charge is 0.507 e. The number of amides is 2. The van der Waals surface area contributed by atoms with Crippen LogP contribution in [0.4, 0.5) is 0 Å². The van der Waals surface area contributed by atoms with Crippen LogP contribution in [0.1, 0.15) is 31.8 Å². The second-order valence-electron chi connectivity index (χ2n) is 6.52. The lowest BCUT2D eigenvalue weighted by Gasteiger charge is -2.35. The normalized spacial score (nSPS) is 14.4. The minimum Gasteiger partial charge on any atom is -0.507 e. The maximum atomic E-state index is 12.8. The summed E-state index contributed by atoms with van der Waals surface area (Å²) >= 11 is 6.25. The molecule has 0 bridgehead atoms. The number of halogens is 1. The summed E-state index contributed by atoms with van der Waals surface area (Å²) in [6.07, 6.45) is 0. The molecular weight excluding hydrogens is 352 g/mol. The highest BCUT2D eigenvalue weighted by atomic mass is 35.5. The van der Waals surface area contributed by atoms with Crippen molar-refractivity contribution in [2.24, 2.45) is 0 Å². The number of rotatable bonds is 2. The van der Waals surface area contributed by atoms with Crippen molar-refractivity contribution in [3.8, 4) is 5.75 Å². The van der Waals surface area contributed by atoms with Gasteiger partial charge in [0.15, 0.2) is 0 Å². The Bertz CT molecular complexity index is 858. The van der Waals surface area contributed by atoms with Crippen molar-refractivity contribution >= 4 is 23.4 Å². The van der Waals surface area contributed by atoms with E-state index < -0.39 is 0 Å². The van der Waals surface area contributed by atoms with Crippen LogP contribution in [0.5, 0.6) is 5.75 Å². The summed E-state index contributed by atoms with van der Waals surface area (Å²) in [4.78, 5) is 28.7. The van der Waals surface area contributed by atoms with Crippen LogP contribution in [0.2, 0.25) is 5.02 Å². The van der Waals surface area contributed by atoms with Gasteiger partial charge in [0.25, 0.3) is 11.8 Å². The molecule has 0 unspecified atom stereocenters. The highest BCUT2D eigenvalue weighted by molar-refractivity contribution is 6.34. The number of aryl methyl sites for hydroxylation is 2. The first kappa shape index (κ1) is 18.3. The van der Waals surface area contributed by atoms with Crippen LogP contribution < -0.4 is 0 Å². The summed E-state index contributed by atoms with van der Waals surface area (Å²) < 4.78 is 0. The zero-order valence-electron chi connectivity index (χ0n) is 14.8. The van der Waals surface area contributed by atoms with Crippen LogP contribution in [0.25, 0.3) is 0 Å².